The van der Waals surface area contributed by atoms with Crippen LogP contribution in [-0.2, 0) is 0 Å². The van der Waals surface area contributed by atoms with Crippen LogP contribution in [0.1, 0.15) is 10.4 Å². The molecule has 0 aliphatic carbocycles. The van der Waals surface area contributed by atoms with E-state index in [1.54, 1.807) is 12.1 Å². The van der Waals surface area contributed by atoms with Crippen molar-refractivity contribution in [3.63, 3.8) is 0 Å². The number of para-hydroxylation sites is 2. The maximum atomic E-state index is 11.6. The number of phenols is 1. The van der Waals surface area contributed by atoms with Gasteiger partial charge in [-0.3, -0.25) is 9.89 Å². The molecule has 2 rings (SSSR count). The maximum absolute atomic E-state index is 11.6. The smallest absolute Gasteiger partial charge is 0.342 e. The Hall–Kier alpha value is -2.50. The fourth-order valence-corrected chi connectivity index (χ4v) is 1.36. The molecule has 0 fully saturated rings. The highest BCUT2D eigenvalue weighted by Crippen LogP contribution is 2.18. The maximum Gasteiger partial charge on any atom is 0.342 e. The number of aromatic hydroxyl groups is 1. The first kappa shape index (κ1) is 10.0. The number of benzene rings is 1. The van der Waals surface area contributed by atoms with Crippen molar-refractivity contribution < 1.29 is 15.0 Å². The van der Waals surface area contributed by atoms with Gasteiger partial charge < -0.3 is 10.2 Å². The minimum absolute atomic E-state index is 0.108. The van der Waals surface area contributed by atoms with Gasteiger partial charge in [0, 0.05) is 6.20 Å². The van der Waals surface area contributed by atoms with Crippen molar-refractivity contribution in [1.82, 2.24) is 9.78 Å². The molecule has 0 saturated heterocycles. The highest BCUT2D eigenvalue weighted by atomic mass is 16.4. The third kappa shape index (κ3) is 1.46. The highest BCUT2D eigenvalue weighted by molar-refractivity contribution is 5.86. The number of nitrogens with one attached hydrogen (secondary N) is 1. The van der Waals surface area contributed by atoms with Gasteiger partial charge in [0.2, 0.25) is 0 Å². The molecule has 0 unspecified atom stereocenters. The Bertz CT molecular complexity index is 597. The van der Waals surface area contributed by atoms with Crippen LogP contribution in [0.5, 0.6) is 5.75 Å². The number of aromatic carboxylic acids is 1. The summed E-state index contributed by atoms with van der Waals surface area (Å²) in [5.41, 5.74) is -0.878. The average molecular weight is 220 g/mol. The molecule has 0 spiro atoms. The Labute approximate surface area is 89.4 Å². The van der Waals surface area contributed by atoms with Crippen molar-refractivity contribution in [2.75, 3.05) is 0 Å². The highest BCUT2D eigenvalue weighted by Gasteiger charge is 2.15. The second-order valence-electron chi connectivity index (χ2n) is 3.12. The predicted octanol–water partition coefficient (Wildman–Crippen LogP) is 0.569. The number of carboxylic acid groups (broad SMARTS) is 1. The van der Waals surface area contributed by atoms with Gasteiger partial charge in [-0.15, -0.1) is 0 Å². The molecule has 3 N–H and O–H groups in total. The fourth-order valence-electron chi connectivity index (χ4n) is 1.36. The first-order valence-electron chi connectivity index (χ1n) is 4.43. The standard InChI is InChI=1S/C10H8N2O4/c13-8-4-2-1-3-7(8)12-9(14)6(5-11-12)10(15)16/h1-5,11,13H,(H,15,16). The molecule has 2 aromatic rings. The number of hydrogen-bond acceptors (Lipinski definition) is 3. The van der Waals surface area contributed by atoms with Crippen molar-refractivity contribution in [2.24, 2.45) is 0 Å². The third-order valence-electron chi connectivity index (χ3n) is 2.12. The Morgan fingerprint density at radius 3 is 2.56 bits per heavy atom. The Kier molecular flexibility index (Phi) is 2.24. The van der Waals surface area contributed by atoms with Crippen LogP contribution in [0.2, 0.25) is 0 Å². The van der Waals surface area contributed by atoms with E-state index in [0.29, 0.717) is 0 Å². The summed E-state index contributed by atoms with van der Waals surface area (Å²) >= 11 is 0. The number of aromatic nitrogens is 2. The number of phenolic OH excluding ortho intramolecular Hbond substituents is 1. The van der Waals surface area contributed by atoms with Crippen LogP contribution < -0.4 is 5.56 Å². The Balaban J connectivity index is 2.63. The minimum atomic E-state index is -1.31. The van der Waals surface area contributed by atoms with Gasteiger partial charge in [0.1, 0.15) is 17.0 Å². The molecule has 0 amide bonds. The van der Waals surface area contributed by atoms with Gasteiger partial charge in [0.25, 0.3) is 5.56 Å². The lowest BCUT2D eigenvalue weighted by Gasteiger charge is -2.02. The molecule has 0 atom stereocenters. The molecule has 82 valence electrons. The molecular weight excluding hydrogens is 212 g/mol. The summed E-state index contributed by atoms with van der Waals surface area (Å²) in [6.07, 6.45) is 1.08. The average Bonchev–Trinajstić information content (AvgIpc) is 2.61. The number of hydrogen-bond donors (Lipinski definition) is 3. The van der Waals surface area contributed by atoms with Crippen LogP contribution in [0.4, 0.5) is 0 Å². The second-order valence-corrected chi connectivity index (χ2v) is 3.12. The third-order valence-corrected chi connectivity index (χ3v) is 2.12. The van der Waals surface area contributed by atoms with Crippen LogP contribution in [-0.4, -0.2) is 26.0 Å². The van der Waals surface area contributed by atoms with Crippen molar-refractivity contribution >= 4 is 5.97 Å². The van der Waals surface area contributed by atoms with E-state index in [-0.39, 0.29) is 17.0 Å². The monoisotopic (exact) mass is 220 g/mol. The van der Waals surface area contributed by atoms with Gasteiger partial charge in [-0.25, -0.2) is 9.48 Å². The van der Waals surface area contributed by atoms with E-state index in [0.717, 1.165) is 10.9 Å². The van der Waals surface area contributed by atoms with Crippen molar-refractivity contribution in [3.05, 3.63) is 46.4 Å². The largest absolute Gasteiger partial charge is 0.506 e. The zero-order valence-corrected chi connectivity index (χ0v) is 8.04. The van der Waals surface area contributed by atoms with E-state index in [9.17, 15) is 14.7 Å². The van der Waals surface area contributed by atoms with Gasteiger partial charge in [0.15, 0.2) is 0 Å². The molecule has 1 aromatic heterocycles. The molecule has 0 saturated carbocycles. The molecule has 0 bridgehead atoms. The lowest BCUT2D eigenvalue weighted by molar-refractivity contribution is 0.0695. The van der Waals surface area contributed by atoms with Crippen molar-refractivity contribution in [1.29, 1.82) is 0 Å². The molecule has 1 aromatic carbocycles. The quantitative estimate of drug-likeness (QED) is 0.689. The van der Waals surface area contributed by atoms with Crippen molar-refractivity contribution in [2.45, 2.75) is 0 Å². The zero-order valence-electron chi connectivity index (χ0n) is 8.04. The van der Waals surface area contributed by atoms with Gasteiger partial charge in [-0.05, 0) is 12.1 Å². The zero-order chi connectivity index (χ0) is 11.7. The van der Waals surface area contributed by atoms with E-state index >= 15 is 0 Å². The number of nitrogens with zero attached hydrogens (tertiary/aromatic N) is 1. The molecule has 0 radical (unpaired) electrons. The number of aromatic amines is 1. The second kappa shape index (κ2) is 3.58. The van der Waals surface area contributed by atoms with Crippen LogP contribution in [0, 0.1) is 0 Å². The predicted molar refractivity (Wildman–Crippen MR) is 55.0 cm³/mol. The number of carboxylic acids is 1. The molecule has 6 heteroatoms. The van der Waals surface area contributed by atoms with E-state index in [1.807, 2.05) is 0 Å². The summed E-state index contributed by atoms with van der Waals surface area (Å²) in [6, 6.07) is 6.13. The summed E-state index contributed by atoms with van der Waals surface area (Å²) in [4.78, 5) is 22.3. The Morgan fingerprint density at radius 1 is 1.31 bits per heavy atom. The molecular formula is C10H8N2O4. The van der Waals surface area contributed by atoms with Crippen molar-refractivity contribution in [3.8, 4) is 11.4 Å². The summed E-state index contributed by atoms with van der Waals surface area (Å²) in [5.74, 6) is -1.42. The van der Waals surface area contributed by atoms with Crippen LogP contribution in [0.15, 0.2) is 35.3 Å². The normalized spacial score (nSPS) is 10.2. The summed E-state index contributed by atoms with van der Waals surface area (Å²) in [6.45, 7) is 0. The van der Waals surface area contributed by atoms with E-state index in [4.69, 9.17) is 5.11 Å². The van der Waals surface area contributed by atoms with Crippen LogP contribution in [0.3, 0.4) is 0 Å². The molecule has 0 aliphatic rings. The lowest BCUT2D eigenvalue weighted by atomic mass is 10.3. The molecule has 6 nitrogen and oxygen atoms in total. The number of carbonyl (C=O) groups is 1. The lowest BCUT2D eigenvalue weighted by Crippen LogP contribution is -2.19. The Morgan fingerprint density at radius 2 is 2.00 bits per heavy atom. The first-order chi connectivity index (χ1) is 7.61. The molecule has 1 heterocycles. The summed E-state index contributed by atoms with van der Waals surface area (Å²) in [7, 11) is 0. The van der Waals surface area contributed by atoms with Gasteiger partial charge in [0.05, 0.1) is 0 Å². The summed E-state index contributed by atoms with van der Waals surface area (Å²) in [5, 5.41) is 20.7. The molecule has 16 heavy (non-hydrogen) atoms. The van der Waals surface area contributed by atoms with Gasteiger partial charge in [-0.2, -0.15) is 0 Å². The van der Waals surface area contributed by atoms with Gasteiger partial charge >= 0.3 is 5.97 Å². The number of rotatable bonds is 2. The van der Waals surface area contributed by atoms with Gasteiger partial charge in [-0.1, -0.05) is 12.1 Å². The van der Waals surface area contributed by atoms with E-state index in [1.165, 1.54) is 12.1 Å². The summed E-state index contributed by atoms with van der Waals surface area (Å²) < 4.78 is 0.971. The fraction of sp³-hybridized carbons (Fsp3) is 0. The van der Waals surface area contributed by atoms with Crippen LogP contribution >= 0.6 is 0 Å². The van der Waals surface area contributed by atoms with E-state index in [2.05, 4.69) is 5.10 Å². The van der Waals surface area contributed by atoms with Crippen LogP contribution in [0.25, 0.3) is 5.69 Å². The number of H-pyrrole nitrogens is 1. The minimum Gasteiger partial charge on any atom is -0.506 e. The molecule has 0 aliphatic heterocycles. The van der Waals surface area contributed by atoms with E-state index < -0.39 is 11.5 Å². The SMILES string of the molecule is O=C(O)c1c[nH]n(-c2ccccc2O)c1=O. The first-order valence-corrected chi connectivity index (χ1v) is 4.43. The topological polar surface area (TPSA) is 95.3 Å².